The Morgan fingerprint density at radius 1 is 1.15 bits per heavy atom. The average Bonchev–Trinajstić information content (AvgIpc) is 3.47. The lowest BCUT2D eigenvalue weighted by Gasteiger charge is -2.16. The van der Waals surface area contributed by atoms with Gasteiger partial charge in [0.25, 0.3) is 0 Å². The smallest absolute Gasteiger partial charge is 0.239 e. The van der Waals surface area contributed by atoms with Crippen LogP contribution in [-0.2, 0) is 11.2 Å². The number of carbonyl (C=O) groups excluding carboxylic acids is 1. The summed E-state index contributed by atoms with van der Waals surface area (Å²) in [5, 5.41) is 20.6. The van der Waals surface area contributed by atoms with Crippen LogP contribution in [-0.4, -0.2) is 45.9 Å². The number of hydrogen-bond donors (Lipinski definition) is 1. The van der Waals surface area contributed by atoms with Gasteiger partial charge in [-0.1, -0.05) is 53.7 Å². The number of rotatable bonds is 9. The van der Waals surface area contributed by atoms with Gasteiger partial charge in [0.05, 0.1) is 18.4 Å². The Bertz CT molecular complexity index is 1240. The molecule has 0 saturated carbocycles. The number of anilines is 1. The molecule has 0 atom stereocenters. The van der Waals surface area contributed by atoms with Crippen molar-refractivity contribution in [2.45, 2.75) is 12.8 Å². The number of hydrogen-bond acceptors (Lipinski definition) is 6. The maximum atomic E-state index is 12.6. The summed E-state index contributed by atoms with van der Waals surface area (Å²) in [7, 11) is 1.88. The molecule has 0 spiro atoms. The molecule has 1 N–H and O–H groups in total. The quantitative estimate of drug-likeness (QED) is 0.424. The van der Waals surface area contributed by atoms with Crippen molar-refractivity contribution in [3.05, 3.63) is 84.3 Å². The number of likely N-dealkylation sites (N-methyl/N-ethyl adjacent to an activating group) is 1. The van der Waals surface area contributed by atoms with Crippen molar-refractivity contribution in [2.75, 3.05) is 25.5 Å². The summed E-state index contributed by atoms with van der Waals surface area (Å²) in [5.74, 6) is 0.979. The number of benzene rings is 2. The summed E-state index contributed by atoms with van der Waals surface area (Å²) < 4.78 is 7.00. The molecular formula is C25H24N6O2. The second-order valence-corrected chi connectivity index (χ2v) is 7.70. The van der Waals surface area contributed by atoms with E-state index in [0.717, 1.165) is 35.5 Å². The Kier molecular flexibility index (Phi) is 6.93. The first kappa shape index (κ1) is 22.0. The molecule has 0 aliphatic heterocycles. The summed E-state index contributed by atoms with van der Waals surface area (Å²) >= 11 is 0. The van der Waals surface area contributed by atoms with Crippen LogP contribution in [0.3, 0.4) is 0 Å². The monoisotopic (exact) mass is 440 g/mol. The van der Waals surface area contributed by atoms with E-state index in [0.29, 0.717) is 17.9 Å². The van der Waals surface area contributed by atoms with E-state index in [1.54, 1.807) is 4.68 Å². The topological polar surface area (TPSA) is 100.0 Å². The van der Waals surface area contributed by atoms with Crippen molar-refractivity contribution in [3.8, 4) is 23.0 Å². The SMILES string of the molecule is CN(CCCc1cc(-c2ccccc2)no1)CC(=O)Nc1c(C#N)cnn1-c1ccccc1. The average molecular weight is 441 g/mol. The third kappa shape index (κ3) is 5.53. The number of nitrogens with zero attached hydrogens (tertiary/aromatic N) is 5. The normalized spacial score (nSPS) is 10.8. The summed E-state index contributed by atoms with van der Waals surface area (Å²) in [6.07, 6.45) is 3.00. The lowest BCUT2D eigenvalue weighted by atomic mass is 10.1. The molecule has 166 valence electrons. The van der Waals surface area contributed by atoms with Gasteiger partial charge in [-0.3, -0.25) is 9.69 Å². The molecule has 33 heavy (non-hydrogen) atoms. The van der Waals surface area contributed by atoms with Crippen LogP contribution >= 0.6 is 0 Å². The molecule has 0 unspecified atom stereocenters. The first-order chi connectivity index (χ1) is 16.1. The Morgan fingerprint density at radius 2 is 1.88 bits per heavy atom. The van der Waals surface area contributed by atoms with Crippen LogP contribution in [0.5, 0.6) is 0 Å². The molecule has 0 radical (unpaired) electrons. The minimum absolute atomic E-state index is 0.191. The van der Waals surface area contributed by atoms with Crippen molar-refractivity contribution in [3.63, 3.8) is 0 Å². The van der Waals surface area contributed by atoms with Crippen molar-refractivity contribution in [1.82, 2.24) is 19.8 Å². The van der Waals surface area contributed by atoms with E-state index in [-0.39, 0.29) is 12.5 Å². The molecular weight excluding hydrogens is 416 g/mol. The fourth-order valence-corrected chi connectivity index (χ4v) is 3.51. The first-order valence-electron chi connectivity index (χ1n) is 10.7. The highest BCUT2D eigenvalue weighted by atomic mass is 16.5. The molecule has 2 aromatic carbocycles. The maximum absolute atomic E-state index is 12.6. The van der Waals surface area contributed by atoms with Crippen LogP contribution in [0.25, 0.3) is 16.9 Å². The lowest BCUT2D eigenvalue weighted by Crippen LogP contribution is -2.31. The molecule has 0 saturated heterocycles. The van der Waals surface area contributed by atoms with Crippen LogP contribution < -0.4 is 5.32 Å². The van der Waals surface area contributed by atoms with Gasteiger partial charge in [0.15, 0.2) is 5.82 Å². The number of nitrogens with one attached hydrogen (secondary N) is 1. The molecule has 8 nitrogen and oxygen atoms in total. The van der Waals surface area contributed by atoms with Crippen LogP contribution in [0, 0.1) is 11.3 Å². The Morgan fingerprint density at radius 3 is 2.61 bits per heavy atom. The molecule has 0 bridgehead atoms. The fourth-order valence-electron chi connectivity index (χ4n) is 3.51. The van der Waals surface area contributed by atoms with E-state index < -0.39 is 0 Å². The molecule has 0 aliphatic carbocycles. The maximum Gasteiger partial charge on any atom is 0.239 e. The molecule has 2 aromatic heterocycles. The van der Waals surface area contributed by atoms with Crippen molar-refractivity contribution in [2.24, 2.45) is 0 Å². The van der Waals surface area contributed by atoms with Crippen LogP contribution in [0.4, 0.5) is 5.82 Å². The second kappa shape index (κ2) is 10.4. The third-order valence-corrected chi connectivity index (χ3v) is 5.15. The molecule has 8 heteroatoms. The van der Waals surface area contributed by atoms with E-state index >= 15 is 0 Å². The molecule has 1 amide bonds. The number of nitriles is 1. The molecule has 0 fully saturated rings. The first-order valence-corrected chi connectivity index (χ1v) is 10.7. The van der Waals surface area contributed by atoms with E-state index in [1.165, 1.54) is 6.20 Å². The van der Waals surface area contributed by atoms with E-state index in [9.17, 15) is 10.1 Å². The van der Waals surface area contributed by atoms with Gasteiger partial charge < -0.3 is 9.84 Å². The van der Waals surface area contributed by atoms with Gasteiger partial charge in [-0.25, -0.2) is 4.68 Å². The highest BCUT2D eigenvalue weighted by Crippen LogP contribution is 2.20. The predicted octanol–water partition coefficient (Wildman–Crippen LogP) is 3.90. The van der Waals surface area contributed by atoms with Crippen molar-refractivity contribution in [1.29, 1.82) is 5.26 Å². The third-order valence-electron chi connectivity index (χ3n) is 5.15. The van der Waals surface area contributed by atoms with Crippen molar-refractivity contribution < 1.29 is 9.32 Å². The van der Waals surface area contributed by atoms with Gasteiger partial charge in [0.2, 0.25) is 5.91 Å². The van der Waals surface area contributed by atoms with Gasteiger partial charge in [0, 0.05) is 18.1 Å². The zero-order valence-electron chi connectivity index (χ0n) is 18.3. The molecule has 2 heterocycles. The molecule has 4 rings (SSSR count). The summed E-state index contributed by atoms with van der Waals surface area (Å²) in [4.78, 5) is 14.6. The van der Waals surface area contributed by atoms with Crippen LogP contribution in [0.1, 0.15) is 17.7 Å². The highest BCUT2D eigenvalue weighted by molar-refractivity contribution is 5.92. The number of para-hydroxylation sites is 1. The van der Waals surface area contributed by atoms with E-state index in [1.807, 2.05) is 78.7 Å². The van der Waals surface area contributed by atoms with Crippen LogP contribution in [0.2, 0.25) is 0 Å². The van der Waals surface area contributed by atoms with Gasteiger partial charge in [0.1, 0.15) is 23.1 Å². The number of aryl methyl sites for hydroxylation is 1. The standard InChI is InChI=1S/C25H24N6O2/c1-30(14-8-13-22-15-23(29-33-22)19-9-4-2-5-10-19)18-24(32)28-25-20(16-26)17-27-31(25)21-11-6-3-7-12-21/h2-7,9-12,15,17H,8,13-14,18H2,1H3,(H,28,32). The van der Waals surface area contributed by atoms with Gasteiger partial charge in [-0.15, -0.1) is 0 Å². The summed E-state index contributed by atoms with van der Waals surface area (Å²) in [6, 6.07) is 23.3. The van der Waals surface area contributed by atoms with Gasteiger partial charge in [-0.05, 0) is 32.1 Å². The Labute approximate surface area is 192 Å². The number of amides is 1. The van der Waals surface area contributed by atoms with E-state index in [4.69, 9.17) is 4.52 Å². The Hall–Kier alpha value is -4.22. The number of aromatic nitrogens is 3. The molecule has 0 aliphatic rings. The van der Waals surface area contributed by atoms with Crippen LogP contribution in [0.15, 0.2) is 77.4 Å². The molecule has 4 aromatic rings. The summed E-state index contributed by atoms with van der Waals surface area (Å²) in [6.45, 7) is 0.897. The highest BCUT2D eigenvalue weighted by Gasteiger charge is 2.16. The minimum Gasteiger partial charge on any atom is -0.361 e. The largest absolute Gasteiger partial charge is 0.361 e. The Balaban J connectivity index is 1.29. The fraction of sp³-hybridized carbons (Fsp3) is 0.200. The minimum atomic E-state index is -0.210. The van der Waals surface area contributed by atoms with Gasteiger partial charge in [-0.2, -0.15) is 10.4 Å². The van der Waals surface area contributed by atoms with E-state index in [2.05, 4.69) is 21.6 Å². The predicted molar refractivity (Wildman–Crippen MR) is 125 cm³/mol. The van der Waals surface area contributed by atoms with Gasteiger partial charge >= 0.3 is 0 Å². The van der Waals surface area contributed by atoms with Crippen molar-refractivity contribution >= 4 is 11.7 Å². The number of carbonyl (C=O) groups is 1. The lowest BCUT2D eigenvalue weighted by molar-refractivity contribution is -0.117. The zero-order valence-corrected chi connectivity index (χ0v) is 18.3. The summed E-state index contributed by atoms with van der Waals surface area (Å²) in [5.41, 5.74) is 2.92. The second-order valence-electron chi connectivity index (χ2n) is 7.70. The zero-order chi connectivity index (χ0) is 23.0.